The Hall–Kier alpha value is -1.32. The molecule has 2 aromatic carbocycles. The van der Waals surface area contributed by atoms with E-state index >= 15 is 0 Å². The second kappa shape index (κ2) is 6.29. The molecule has 1 aliphatic heterocycles. The topological polar surface area (TPSA) is 18.5 Å². The van der Waals surface area contributed by atoms with Gasteiger partial charge in [-0.25, -0.2) is 0 Å². The molecule has 3 rings (SSSR count). The Bertz CT molecular complexity index is 685. The van der Waals surface area contributed by atoms with E-state index in [0.29, 0.717) is 13.2 Å². The number of hydrogen-bond acceptors (Lipinski definition) is 2. The Labute approximate surface area is 146 Å². The van der Waals surface area contributed by atoms with Gasteiger partial charge in [-0.15, -0.1) is 0 Å². The zero-order valence-electron chi connectivity index (χ0n) is 14.2. The van der Waals surface area contributed by atoms with Crippen molar-refractivity contribution in [3.05, 3.63) is 62.6 Å². The van der Waals surface area contributed by atoms with Crippen LogP contribution in [0.2, 0.25) is 0 Å². The Kier molecular flexibility index (Phi) is 4.52. The van der Waals surface area contributed by atoms with E-state index < -0.39 is 0 Å². The smallest absolute Gasteiger partial charge is 0.134 e. The molecular formula is C20H23BrO2. The van der Waals surface area contributed by atoms with E-state index in [-0.39, 0.29) is 5.60 Å². The molecule has 0 aromatic heterocycles. The monoisotopic (exact) mass is 374 g/mol. The maximum atomic E-state index is 6.33. The molecule has 0 amide bonds. The van der Waals surface area contributed by atoms with Gasteiger partial charge in [0.1, 0.15) is 11.4 Å². The molecule has 0 spiro atoms. The van der Waals surface area contributed by atoms with Gasteiger partial charge >= 0.3 is 0 Å². The van der Waals surface area contributed by atoms with Gasteiger partial charge in [0.15, 0.2) is 0 Å². The van der Waals surface area contributed by atoms with Crippen LogP contribution in [0.1, 0.15) is 34.7 Å². The predicted octanol–water partition coefficient (Wildman–Crippen LogP) is 5.28. The van der Waals surface area contributed by atoms with Crippen molar-refractivity contribution in [2.75, 3.05) is 6.61 Å². The minimum Gasteiger partial charge on any atom is -0.484 e. The fourth-order valence-electron chi connectivity index (χ4n) is 3.19. The third-order valence-corrected chi connectivity index (χ3v) is 5.90. The highest BCUT2D eigenvalue weighted by Crippen LogP contribution is 2.44. The van der Waals surface area contributed by atoms with Crippen LogP contribution in [-0.4, -0.2) is 12.2 Å². The summed E-state index contributed by atoms with van der Waals surface area (Å²) in [4.78, 5) is 0. The van der Waals surface area contributed by atoms with Crippen LogP contribution in [0.25, 0.3) is 0 Å². The molecule has 0 saturated carbocycles. The standard InChI is InChI=1S/C20H23BrO2/c1-13-14(2)19-17(15(3)18(13)21)10-20(4,23-19)12-22-11-16-8-6-5-7-9-16/h5-9H,10-12H2,1-4H3. The Morgan fingerprint density at radius 1 is 1.09 bits per heavy atom. The van der Waals surface area contributed by atoms with Crippen LogP contribution in [-0.2, 0) is 17.8 Å². The van der Waals surface area contributed by atoms with E-state index in [0.717, 1.165) is 12.2 Å². The number of fused-ring (bicyclic) bond motifs is 1. The van der Waals surface area contributed by atoms with Crippen LogP contribution >= 0.6 is 15.9 Å². The number of hydrogen-bond donors (Lipinski definition) is 0. The molecule has 0 fully saturated rings. The summed E-state index contributed by atoms with van der Waals surface area (Å²) in [6, 6.07) is 10.3. The quantitative estimate of drug-likeness (QED) is 0.724. The van der Waals surface area contributed by atoms with Crippen molar-refractivity contribution in [2.24, 2.45) is 0 Å². The van der Waals surface area contributed by atoms with E-state index in [1.54, 1.807) is 0 Å². The lowest BCUT2D eigenvalue weighted by Crippen LogP contribution is -2.36. The molecule has 0 aliphatic carbocycles. The minimum absolute atomic E-state index is 0.292. The number of halogens is 1. The van der Waals surface area contributed by atoms with Crippen molar-refractivity contribution in [3.8, 4) is 5.75 Å². The summed E-state index contributed by atoms with van der Waals surface area (Å²) in [5.74, 6) is 1.05. The predicted molar refractivity (Wildman–Crippen MR) is 97.2 cm³/mol. The van der Waals surface area contributed by atoms with Gasteiger partial charge in [0.2, 0.25) is 0 Å². The van der Waals surface area contributed by atoms with Crippen LogP contribution in [0.4, 0.5) is 0 Å². The van der Waals surface area contributed by atoms with Gasteiger partial charge in [-0.2, -0.15) is 0 Å². The lowest BCUT2D eigenvalue weighted by molar-refractivity contribution is -0.00876. The molecule has 0 bridgehead atoms. The van der Waals surface area contributed by atoms with Crippen LogP contribution in [0.15, 0.2) is 34.8 Å². The van der Waals surface area contributed by atoms with Crippen molar-refractivity contribution in [2.45, 2.75) is 46.3 Å². The zero-order valence-corrected chi connectivity index (χ0v) is 15.8. The second-order valence-electron chi connectivity index (χ2n) is 6.70. The van der Waals surface area contributed by atoms with Crippen LogP contribution < -0.4 is 4.74 Å². The normalized spacial score (nSPS) is 19.5. The highest BCUT2D eigenvalue weighted by Gasteiger charge is 2.38. The summed E-state index contributed by atoms with van der Waals surface area (Å²) in [5, 5.41) is 0. The van der Waals surface area contributed by atoms with Crippen molar-refractivity contribution in [1.29, 1.82) is 0 Å². The fourth-order valence-corrected chi connectivity index (χ4v) is 3.73. The van der Waals surface area contributed by atoms with Gasteiger partial charge in [0.05, 0.1) is 13.2 Å². The van der Waals surface area contributed by atoms with E-state index in [1.807, 2.05) is 18.2 Å². The molecule has 1 unspecified atom stereocenters. The first-order chi connectivity index (χ1) is 10.9. The third-order valence-electron chi connectivity index (χ3n) is 4.71. The Balaban J connectivity index is 1.73. The van der Waals surface area contributed by atoms with Crippen LogP contribution in [0.5, 0.6) is 5.75 Å². The molecule has 2 nitrogen and oxygen atoms in total. The lowest BCUT2D eigenvalue weighted by Gasteiger charge is -2.24. The van der Waals surface area contributed by atoms with Gasteiger partial charge in [-0.1, -0.05) is 46.3 Å². The molecule has 0 radical (unpaired) electrons. The molecular weight excluding hydrogens is 352 g/mol. The molecule has 1 aliphatic rings. The molecule has 3 heteroatoms. The van der Waals surface area contributed by atoms with Gasteiger partial charge < -0.3 is 9.47 Å². The average Bonchev–Trinajstić information content (AvgIpc) is 2.90. The maximum Gasteiger partial charge on any atom is 0.134 e. The molecule has 0 saturated heterocycles. The first kappa shape index (κ1) is 16.5. The molecule has 23 heavy (non-hydrogen) atoms. The van der Waals surface area contributed by atoms with Crippen molar-refractivity contribution < 1.29 is 9.47 Å². The largest absolute Gasteiger partial charge is 0.484 e. The Morgan fingerprint density at radius 3 is 2.48 bits per heavy atom. The summed E-state index contributed by atoms with van der Waals surface area (Å²) in [6.45, 7) is 9.78. The van der Waals surface area contributed by atoms with E-state index in [9.17, 15) is 0 Å². The first-order valence-electron chi connectivity index (χ1n) is 8.00. The summed E-state index contributed by atoms with van der Waals surface area (Å²) in [6.07, 6.45) is 0.892. The Morgan fingerprint density at radius 2 is 1.78 bits per heavy atom. The molecule has 1 heterocycles. The number of benzene rings is 2. The van der Waals surface area contributed by atoms with Gasteiger partial charge in [0.25, 0.3) is 0 Å². The molecule has 0 N–H and O–H groups in total. The van der Waals surface area contributed by atoms with Crippen molar-refractivity contribution in [1.82, 2.24) is 0 Å². The minimum atomic E-state index is -0.292. The fraction of sp³-hybridized carbons (Fsp3) is 0.400. The lowest BCUT2D eigenvalue weighted by atomic mass is 9.94. The summed E-state index contributed by atoms with van der Waals surface area (Å²) in [5.41, 5.74) is 5.98. The maximum absolute atomic E-state index is 6.33. The summed E-state index contributed by atoms with van der Waals surface area (Å²) < 4.78 is 13.5. The second-order valence-corrected chi connectivity index (χ2v) is 7.50. The zero-order chi connectivity index (χ0) is 16.6. The third kappa shape index (κ3) is 3.17. The summed E-state index contributed by atoms with van der Waals surface area (Å²) >= 11 is 3.72. The van der Waals surface area contributed by atoms with Gasteiger partial charge in [0, 0.05) is 16.5 Å². The average molecular weight is 375 g/mol. The highest BCUT2D eigenvalue weighted by molar-refractivity contribution is 9.10. The number of rotatable bonds is 4. The summed E-state index contributed by atoms with van der Waals surface area (Å²) in [7, 11) is 0. The van der Waals surface area contributed by atoms with Gasteiger partial charge in [-0.05, 0) is 49.9 Å². The van der Waals surface area contributed by atoms with Gasteiger partial charge in [-0.3, -0.25) is 0 Å². The van der Waals surface area contributed by atoms with E-state index in [1.165, 1.54) is 32.3 Å². The highest BCUT2D eigenvalue weighted by atomic mass is 79.9. The molecule has 2 aromatic rings. The van der Waals surface area contributed by atoms with Crippen molar-refractivity contribution in [3.63, 3.8) is 0 Å². The molecule has 122 valence electrons. The van der Waals surface area contributed by atoms with E-state index in [4.69, 9.17) is 9.47 Å². The van der Waals surface area contributed by atoms with E-state index in [2.05, 4.69) is 55.8 Å². The SMILES string of the molecule is Cc1c(C)c2c(c(C)c1Br)CC(C)(COCc1ccccc1)O2. The van der Waals surface area contributed by atoms with Crippen LogP contribution in [0, 0.1) is 20.8 Å². The van der Waals surface area contributed by atoms with Crippen molar-refractivity contribution >= 4 is 15.9 Å². The molecule has 1 atom stereocenters. The van der Waals surface area contributed by atoms with Crippen LogP contribution in [0.3, 0.4) is 0 Å². The first-order valence-corrected chi connectivity index (χ1v) is 8.79. The number of ether oxygens (including phenoxy) is 2.